The second-order valence-electron chi connectivity index (χ2n) is 3.58. The first kappa shape index (κ1) is 11.7. The molecule has 0 saturated carbocycles. The molecule has 0 unspecified atom stereocenters. The summed E-state index contributed by atoms with van der Waals surface area (Å²) in [7, 11) is 0. The number of hydrogen-bond acceptors (Lipinski definition) is 2. The molecule has 0 N–H and O–H groups in total. The summed E-state index contributed by atoms with van der Waals surface area (Å²) in [5.74, 6) is -0.286. The maximum Gasteiger partial charge on any atom is 0.131 e. The van der Waals surface area contributed by atoms with Crippen molar-refractivity contribution in [1.82, 2.24) is 4.98 Å². The molecule has 1 aromatic carbocycles. The molecule has 2 aromatic rings. The lowest BCUT2D eigenvalue weighted by Gasteiger charge is -2.08. The van der Waals surface area contributed by atoms with Crippen LogP contribution in [0.5, 0.6) is 0 Å². The van der Waals surface area contributed by atoms with Gasteiger partial charge in [0.05, 0.1) is 10.7 Å². The number of aromatic nitrogens is 1. The highest BCUT2D eigenvalue weighted by Crippen LogP contribution is 2.30. The van der Waals surface area contributed by atoms with Gasteiger partial charge in [0, 0.05) is 16.5 Å². The Kier molecular flexibility index (Phi) is 3.20. The first-order valence-corrected chi connectivity index (χ1v) is 6.05. The standard InChI is InChI=1S/C14H12FNS/c1-4-10-11(5-2)13(15)7-6-12(10)14-8-17-9(3)16-14/h4-8H,1-2H2,3H3. The molecule has 0 amide bonds. The fourth-order valence-electron chi connectivity index (χ4n) is 1.75. The summed E-state index contributed by atoms with van der Waals surface area (Å²) in [6, 6.07) is 3.17. The predicted octanol–water partition coefficient (Wildman–Crippen LogP) is 4.54. The van der Waals surface area contributed by atoms with Crippen molar-refractivity contribution in [2.75, 3.05) is 0 Å². The number of benzene rings is 1. The lowest BCUT2D eigenvalue weighted by atomic mass is 9.98. The van der Waals surface area contributed by atoms with E-state index in [-0.39, 0.29) is 5.82 Å². The van der Waals surface area contributed by atoms with Gasteiger partial charge in [0.25, 0.3) is 0 Å². The van der Waals surface area contributed by atoms with Crippen LogP contribution in [0.3, 0.4) is 0 Å². The van der Waals surface area contributed by atoms with E-state index in [1.807, 2.05) is 12.3 Å². The van der Waals surface area contributed by atoms with E-state index in [1.165, 1.54) is 12.1 Å². The van der Waals surface area contributed by atoms with Crippen molar-refractivity contribution in [3.8, 4) is 11.3 Å². The van der Waals surface area contributed by atoms with E-state index >= 15 is 0 Å². The van der Waals surface area contributed by atoms with E-state index in [4.69, 9.17) is 0 Å². The van der Waals surface area contributed by atoms with Crippen LogP contribution in [-0.4, -0.2) is 4.98 Å². The molecule has 0 radical (unpaired) electrons. The average molecular weight is 245 g/mol. The highest BCUT2D eigenvalue weighted by Gasteiger charge is 2.12. The average Bonchev–Trinajstić information content (AvgIpc) is 2.75. The van der Waals surface area contributed by atoms with Gasteiger partial charge in [-0.3, -0.25) is 0 Å². The Labute approximate surface area is 104 Å². The minimum Gasteiger partial charge on any atom is -0.242 e. The Morgan fingerprint density at radius 1 is 1.24 bits per heavy atom. The molecule has 0 aliphatic carbocycles. The first-order valence-electron chi connectivity index (χ1n) is 5.17. The summed E-state index contributed by atoms with van der Waals surface area (Å²) in [5.41, 5.74) is 2.96. The van der Waals surface area contributed by atoms with Crippen molar-refractivity contribution >= 4 is 23.5 Å². The predicted molar refractivity (Wildman–Crippen MR) is 72.4 cm³/mol. The summed E-state index contributed by atoms with van der Waals surface area (Å²) in [4.78, 5) is 4.41. The molecule has 0 atom stereocenters. The smallest absolute Gasteiger partial charge is 0.131 e. The van der Waals surface area contributed by atoms with Crippen molar-refractivity contribution in [3.05, 3.63) is 52.6 Å². The Balaban J connectivity index is 2.70. The van der Waals surface area contributed by atoms with E-state index in [0.717, 1.165) is 21.8 Å². The van der Waals surface area contributed by atoms with Crippen LogP contribution in [0.25, 0.3) is 23.4 Å². The van der Waals surface area contributed by atoms with Gasteiger partial charge in [0.1, 0.15) is 5.82 Å². The highest BCUT2D eigenvalue weighted by atomic mass is 32.1. The Morgan fingerprint density at radius 2 is 1.94 bits per heavy atom. The monoisotopic (exact) mass is 245 g/mol. The van der Waals surface area contributed by atoms with Crippen LogP contribution >= 0.6 is 11.3 Å². The summed E-state index contributed by atoms with van der Waals surface area (Å²) in [6.07, 6.45) is 3.15. The van der Waals surface area contributed by atoms with Gasteiger partial charge >= 0.3 is 0 Å². The van der Waals surface area contributed by atoms with E-state index in [0.29, 0.717) is 5.56 Å². The zero-order valence-corrected chi connectivity index (χ0v) is 10.4. The summed E-state index contributed by atoms with van der Waals surface area (Å²) in [6.45, 7) is 9.31. The molecule has 86 valence electrons. The molecule has 0 saturated heterocycles. The fourth-order valence-corrected chi connectivity index (χ4v) is 2.36. The molecule has 1 nitrogen and oxygen atoms in total. The van der Waals surface area contributed by atoms with Gasteiger partial charge in [0.15, 0.2) is 0 Å². The third-order valence-electron chi connectivity index (χ3n) is 2.54. The van der Waals surface area contributed by atoms with Gasteiger partial charge in [-0.2, -0.15) is 0 Å². The molecular formula is C14H12FNS. The quantitative estimate of drug-likeness (QED) is 0.773. The fraction of sp³-hybridized carbons (Fsp3) is 0.0714. The number of thiazole rings is 1. The second-order valence-corrected chi connectivity index (χ2v) is 4.64. The van der Waals surface area contributed by atoms with Crippen LogP contribution in [0.15, 0.2) is 30.7 Å². The molecule has 3 heteroatoms. The van der Waals surface area contributed by atoms with Gasteiger partial charge < -0.3 is 0 Å². The van der Waals surface area contributed by atoms with Gasteiger partial charge in [-0.15, -0.1) is 11.3 Å². The molecule has 1 heterocycles. The number of rotatable bonds is 3. The van der Waals surface area contributed by atoms with Gasteiger partial charge in [-0.25, -0.2) is 9.37 Å². The van der Waals surface area contributed by atoms with Crippen LogP contribution in [0.2, 0.25) is 0 Å². The zero-order chi connectivity index (χ0) is 12.4. The number of nitrogens with zero attached hydrogens (tertiary/aromatic N) is 1. The maximum absolute atomic E-state index is 13.6. The van der Waals surface area contributed by atoms with Crippen molar-refractivity contribution in [1.29, 1.82) is 0 Å². The SMILES string of the molecule is C=Cc1c(F)ccc(-c2csc(C)n2)c1C=C. The van der Waals surface area contributed by atoms with Crippen LogP contribution in [0.1, 0.15) is 16.1 Å². The molecule has 0 aliphatic heterocycles. The molecule has 0 bridgehead atoms. The summed E-state index contributed by atoms with van der Waals surface area (Å²) in [5, 5.41) is 2.95. The summed E-state index contributed by atoms with van der Waals surface area (Å²) < 4.78 is 13.6. The molecule has 0 fully saturated rings. The number of hydrogen-bond donors (Lipinski definition) is 0. The Hall–Kier alpha value is -1.74. The minimum atomic E-state index is -0.286. The largest absolute Gasteiger partial charge is 0.242 e. The van der Waals surface area contributed by atoms with Gasteiger partial charge in [-0.05, 0) is 24.6 Å². The van der Waals surface area contributed by atoms with E-state index in [9.17, 15) is 4.39 Å². The molecule has 1 aromatic heterocycles. The Bertz CT molecular complexity index is 584. The Morgan fingerprint density at radius 3 is 2.47 bits per heavy atom. The van der Waals surface area contributed by atoms with Crippen molar-refractivity contribution in [2.24, 2.45) is 0 Å². The van der Waals surface area contributed by atoms with Crippen molar-refractivity contribution in [3.63, 3.8) is 0 Å². The molecule has 17 heavy (non-hydrogen) atoms. The lowest BCUT2D eigenvalue weighted by Crippen LogP contribution is -1.92. The molecular weight excluding hydrogens is 233 g/mol. The zero-order valence-electron chi connectivity index (χ0n) is 9.53. The van der Waals surface area contributed by atoms with Crippen LogP contribution in [0.4, 0.5) is 4.39 Å². The lowest BCUT2D eigenvalue weighted by molar-refractivity contribution is 0.625. The summed E-state index contributed by atoms with van der Waals surface area (Å²) >= 11 is 1.57. The van der Waals surface area contributed by atoms with Crippen LogP contribution in [0, 0.1) is 12.7 Å². The van der Waals surface area contributed by atoms with Gasteiger partial charge in [0.2, 0.25) is 0 Å². The van der Waals surface area contributed by atoms with Crippen LogP contribution in [-0.2, 0) is 0 Å². The maximum atomic E-state index is 13.6. The number of aryl methyl sites for hydroxylation is 1. The topological polar surface area (TPSA) is 12.9 Å². The normalized spacial score (nSPS) is 10.2. The molecule has 0 spiro atoms. The highest BCUT2D eigenvalue weighted by molar-refractivity contribution is 7.09. The molecule has 2 rings (SSSR count). The van der Waals surface area contributed by atoms with E-state index in [2.05, 4.69) is 18.1 Å². The third kappa shape index (κ3) is 2.06. The van der Waals surface area contributed by atoms with Gasteiger partial charge in [-0.1, -0.05) is 25.3 Å². The first-order chi connectivity index (χ1) is 8.17. The number of halogens is 1. The van der Waals surface area contributed by atoms with Crippen molar-refractivity contribution < 1.29 is 4.39 Å². The minimum absolute atomic E-state index is 0.286. The third-order valence-corrected chi connectivity index (χ3v) is 3.31. The van der Waals surface area contributed by atoms with Crippen molar-refractivity contribution in [2.45, 2.75) is 6.92 Å². The second kappa shape index (κ2) is 4.63. The van der Waals surface area contributed by atoms with Crippen LogP contribution < -0.4 is 0 Å². The van der Waals surface area contributed by atoms with E-state index in [1.54, 1.807) is 23.5 Å². The van der Waals surface area contributed by atoms with E-state index < -0.39 is 0 Å². The molecule has 0 aliphatic rings.